The van der Waals surface area contributed by atoms with Gasteiger partial charge >= 0.3 is 0 Å². The van der Waals surface area contributed by atoms with Crippen LogP contribution in [0.3, 0.4) is 0 Å². The molecule has 5 heteroatoms. The molecule has 1 aliphatic rings. The first-order valence-corrected chi connectivity index (χ1v) is 9.81. The molecule has 0 spiro atoms. The second-order valence-electron chi connectivity index (χ2n) is 6.92. The Morgan fingerprint density at radius 1 is 1.31 bits per heavy atom. The Balaban J connectivity index is 1.91. The van der Waals surface area contributed by atoms with E-state index < -0.39 is 0 Å². The van der Waals surface area contributed by atoms with Crippen molar-refractivity contribution in [1.29, 1.82) is 0 Å². The zero-order chi connectivity index (χ0) is 18.7. The second kappa shape index (κ2) is 7.62. The van der Waals surface area contributed by atoms with Gasteiger partial charge in [-0.25, -0.2) is 0 Å². The standard InChI is InChI=1S/C21H25NO3S/c1-5-26-19-9-7-6-8-15(19)20(23)22-17-13-21(2,3)25-18-11-10-14(24-4)12-16(17)18/h6-12,17H,5,13H2,1-4H3,(H,22,23)/t17-/m1/s1. The smallest absolute Gasteiger partial charge is 0.252 e. The fourth-order valence-corrected chi connectivity index (χ4v) is 4.06. The summed E-state index contributed by atoms with van der Waals surface area (Å²) in [4.78, 5) is 14.0. The van der Waals surface area contributed by atoms with E-state index in [1.54, 1.807) is 18.9 Å². The fraction of sp³-hybridized carbons (Fsp3) is 0.381. The maximum atomic E-state index is 13.0. The molecule has 4 nitrogen and oxygen atoms in total. The molecule has 0 aliphatic carbocycles. The molecule has 1 amide bonds. The van der Waals surface area contributed by atoms with Crippen LogP contribution in [0.25, 0.3) is 0 Å². The second-order valence-corrected chi connectivity index (χ2v) is 8.23. The van der Waals surface area contributed by atoms with Crippen LogP contribution in [-0.2, 0) is 0 Å². The summed E-state index contributed by atoms with van der Waals surface area (Å²) in [5, 5.41) is 3.21. The van der Waals surface area contributed by atoms with E-state index >= 15 is 0 Å². The van der Waals surface area contributed by atoms with Gasteiger partial charge in [0.25, 0.3) is 5.91 Å². The zero-order valence-corrected chi connectivity index (χ0v) is 16.5. The van der Waals surface area contributed by atoms with E-state index in [4.69, 9.17) is 9.47 Å². The molecule has 3 rings (SSSR count). The summed E-state index contributed by atoms with van der Waals surface area (Å²) in [5.74, 6) is 2.42. The molecule has 0 radical (unpaired) electrons. The highest BCUT2D eigenvalue weighted by Crippen LogP contribution is 2.41. The molecule has 0 saturated heterocycles. The largest absolute Gasteiger partial charge is 0.497 e. The van der Waals surface area contributed by atoms with Crippen LogP contribution in [0.15, 0.2) is 47.4 Å². The molecule has 1 N–H and O–H groups in total. The lowest BCUT2D eigenvalue weighted by atomic mass is 9.89. The predicted molar refractivity (Wildman–Crippen MR) is 105 cm³/mol. The predicted octanol–water partition coefficient (Wildman–Crippen LogP) is 4.84. The number of nitrogens with one attached hydrogen (secondary N) is 1. The highest BCUT2D eigenvalue weighted by Gasteiger charge is 2.35. The van der Waals surface area contributed by atoms with Gasteiger partial charge in [-0.05, 0) is 49.9 Å². The van der Waals surface area contributed by atoms with Crippen molar-refractivity contribution < 1.29 is 14.3 Å². The molecule has 1 heterocycles. The molecule has 1 atom stereocenters. The summed E-state index contributed by atoms with van der Waals surface area (Å²) in [7, 11) is 1.64. The molecule has 0 saturated carbocycles. The summed E-state index contributed by atoms with van der Waals surface area (Å²) in [5.41, 5.74) is 1.32. The Hall–Kier alpha value is -2.14. The minimum absolute atomic E-state index is 0.0574. The van der Waals surface area contributed by atoms with Crippen LogP contribution >= 0.6 is 11.8 Å². The number of benzene rings is 2. The van der Waals surface area contributed by atoms with Crippen LogP contribution in [0.1, 0.15) is 49.2 Å². The van der Waals surface area contributed by atoms with Gasteiger partial charge in [-0.15, -0.1) is 11.8 Å². The molecular formula is C21H25NO3S. The Morgan fingerprint density at radius 3 is 2.81 bits per heavy atom. The normalized spacial score (nSPS) is 17.8. The van der Waals surface area contributed by atoms with Crippen LogP contribution in [0.2, 0.25) is 0 Å². The molecule has 1 aliphatic heterocycles. The Kier molecular flexibility index (Phi) is 5.47. The Morgan fingerprint density at radius 2 is 2.08 bits per heavy atom. The lowest BCUT2D eigenvalue weighted by Crippen LogP contribution is -2.41. The number of methoxy groups -OCH3 is 1. The van der Waals surface area contributed by atoms with E-state index in [1.807, 2.05) is 56.3 Å². The van der Waals surface area contributed by atoms with E-state index in [9.17, 15) is 4.79 Å². The maximum absolute atomic E-state index is 13.0. The van der Waals surface area contributed by atoms with Gasteiger partial charge in [0.2, 0.25) is 0 Å². The van der Waals surface area contributed by atoms with Crippen molar-refractivity contribution in [2.45, 2.75) is 43.7 Å². The zero-order valence-electron chi connectivity index (χ0n) is 15.7. The quantitative estimate of drug-likeness (QED) is 0.764. The molecule has 26 heavy (non-hydrogen) atoms. The third kappa shape index (κ3) is 3.98. The highest BCUT2D eigenvalue weighted by molar-refractivity contribution is 7.99. The summed E-state index contributed by atoms with van der Waals surface area (Å²) >= 11 is 1.68. The minimum atomic E-state index is -0.350. The van der Waals surface area contributed by atoms with Crippen molar-refractivity contribution in [1.82, 2.24) is 5.32 Å². The van der Waals surface area contributed by atoms with Crippen LogP contribution < -0.4 is 14.8 Å². The van der Waals surface area contributed by atoms with Crippen LogP contribution in [-0.4, -0.2) is 24.4 Å². The molecule has 0 aromatic heterocycles. The van der Waals surface area contributed by atoms with Crippen molar-refractivity contribution in [3.8, 4) is 11.5 Å². The van der Waals surface area contributed by atoms with E-state index in [0.717, 1.165) is 27.7 Å². The topological polar surface area (TPSA) is 47.6 Å². The SMILES string of the molecule is CCSc1ccccc1C(=O)N[C@@H]1CC(C)(C)Oc2ccc(OC)cc21. The summed E-state index contributed by atoms with van der Waals surface area (Å²) in [6, 6.07) is 13.4. The van der Waals surface area contributed by atoms with E-state index in [1.165, 1.54) is 0 Å². The van der Waals surface area contributed by atoms with Crippen molar-refractivity contribution in [2.24, 2.45) is 0 Å². The van der Waals surface area contributed by atoms with Gasteiger partial charge < -0.3 is 14.8 Å². The first-order valence-electron chi connectivity index (χ1n) is 8.83. The van der Waals surface area contributed by atoms with Crippen molar-refractivity contribution in [3.05, 3.63) is 53.6 Å². The fourth-order valence-electron chi connectivity index (χ4n) is 3.26. The number of fused-ring (bicyclic) bond motifs is 1. The van der Waals surface area contributed by atoms with Gasteiger partial charge in [0.15, 0.2) is 0 Å². The highest BCUT2D eigenvalue weighted by atomic mass is 32.2. The third-order valence-electron chi connectivity index (χ3n) is 4.41. The average molecular weight is 372 g/mol. The number of thioether (sulfide) groups is 1. The number of carbonyl (C=O) groups is 1. The van der Waals surface area contributed by atoms with Gasteiger partial charge in [-0.1, -0.05) is 19.1 Å². The molecule has 0 fully saturated rings. The summed E-state index contributed by atoms with van der Waals surface area (Å²) < 4.78 is 11.4. The maximum Gasteiger partial charge on any atom is 0.252 e. The van der Waals surface area contributed by atoms with Gasteiger partial charge in [-0.2, -0.15) is 0 Å². The number of hydrogen-bond acceptors (Lipinski definition) is 4. The molecule has 2 aromatic rings. The number of carbonyl (C=O) groups excluding carboxylic acids is 1. The Labute approximate surface area is 159 Å². The van der Waals surface area contributed by atoms with Gasteiger partial charge in [0, 0.05) is 16.9 Å². The lowest BCUT2D eigenvalue weighted by molar-refractivity contribution is 0.0617. The molecular weight excluding hydrogens is 346 g/mol. The molecule has 0 unspecified atom stereocenters. The molecule has 2 aromatic carbocycles. The van der Waals surface area contributed by atoms with E-state index in [2.05, 4.69) is 12.2 Å². The number of hydrogen-bond donors (Lipinski definition) is 1. The summed E-state index contributed by atoms with van der Waals surface area (Å²) in [6.07, 6.45) is 0.696. The first-order chi connectivity index (χ1) is 12.4. The van der Waals surface area contributed by atoms with Gasteiger partial charge in [-0.3, -0.25) is 4.79 Å². The first kappa shape index (κ1) is 18.6. The van der Waals surface area contributed by atoms with E-state index in [-0.39, 0.29) is 17.6 Å². The van der Waals surface area contributed by atoms with Crippen LogP contribution in [0.4, 0.5) is 0 Å². The monoisotopic (exact) mass is 371 g/mol. The molecule has 0 bridgehead atoms. The average Bonchev–Trinajstić information content (AvgIpc) is 2.61. The van der Waals surface area contributed by atoms with Gasteiger partial charge in [0.05, 0.1) is 18.7 Å². The Bertz CT molecular complexity index is 804. The lowest BCUT2D eigenvalue weighted by Gasteiger charge is -2.38. The van der Waals surface area contributed by atoms with Crippen LogP contribution in [0, 0.1) is 0 Å². The van der Waals surface area contributed by atoms with Crippen molar-refractivity contribution in [2.75, 3.05) is 12.9 Å². The van der Waals surface area contributed by atoms with E-state index in [0.29, 0.717) is 12.0 Å². The minimum Gasteiger partial charge on any atom is -0.497 e. The van der Waals surface area contributed by atoms with Crippen LogP contribution in [0.5, 0.6) is 11.5 Å². The molecule has 138 valence electrons. The van der Waals surface area contributed by atoms with Crippen molar-refractivity contribution >= 4 is 17.7 Å². The van der Waals surface area contributed by atoms with Gasteiger partial charge in [0.1, 0.15) is 17.1 Å². The number of ether oxygens (including phenoxy) is 2. The van der Waals surface area contributed by atoms with Crippen molar-refractivity contribution in [3.63, 3.8) is 0 Å². The third-order valence-corrected chi connectivity index (χ3v) is 5.37. The summed E-state index contributed by atoms with van der Waals surface area (Å²) in [6.45, 7) is 6.17. The number of amides is 1. The number of rotatable bonds is 5.